The molecule has 2 rings (SSSR count). The summed E-state index contributed by atoms with van der Waals surface area (Å²) in [4.78, 5) is 4.65. The first-order chi connectivity index (χ1) is 11.5. The van der Waals surface area contributed by atoms with E-state index >= 15 is 0 Å². The Balaban J connectivity index is 0.00000312. The van der Waals surface area contributed by atoms with Crippen LogP contribution in [0.4, 0.5) is 0 Å². The molecule has 1 fully saturated rings. The molecule has 0 spiro atoms. The second kappa shape index (κ2) is 10.1. The normalized spacial score (nSPS) is 16.9. The molecule has 0 aromatic heterocycles. The van der Waals surface area contributed by atoms with Crippen LogP contribution < -0.4 is 20.5 Å². The van der Waals surface area contributed by atoms with Crippen molar-refractivity contribution in [3.05, 3.63) is 23.8 Å². The molecule has 142 valence electrons. The van der Waals surface area contributed by atoms with E-state index in [1.807, 2.05) is 6.07 Å². The lowest BCUT2D eigenvalue weighted by atomic mass is 9.69. The molecule has 0 atom stereocenters. The number of benzene rings is 1. The maximum absolute atomic E-state index is 6.02. The standard InChI is InChI=1S/C19H31N3O2.HI/c1-14(2)22-18(20)21-13-19(10-6-5-7-11-19)15-8-9-16(23-3)17(12-15)24-4;/h8-9,12,14H,5-7,10-11,13H2,1-4H3,(H3,20,21,22);1H. The van der Waals surface area contributed by atoms with E-state index in [1.165, 1.54) is 24.8 Å². The number of nitrogens with zero attached hydrogens (tertiary/aromatic N) is 1. The highest BCUT2D eigenvalue weighted by Gasteiger charge is 2.34. The molecule has 1 aliphatic rings. The molecular formula is C19H32IN3O2. The lowest BCUT2D eigenvalue weighted by Gasteiger charge is -2.37. The van der Waals surface area contributed by atoms with Crippen LogP contribution in [0.5, 0.6) is 11.5 Å². The number of rotatable bonds is 6. The van der Waals surface area contributed by atoms with Crippen molar-refractivity contribution in [1.82, 2.24) is 5.32 Å². The van der Waals surface area contributed by atoms with E-state index in [1.54, 1.807) is 14.2 Å². The third-order valence-corrected chi connectivity index (χ3v) is 4.80. The fourth-order valence-electron chi connectivity index (χ4n) is 3.51. The zero-order chi connectivity index (χ0) is 17.6. The van der Waals surface area contributed by atoms with Crippen LogP contribution in [-0.2, 0) is 5.41 Å². The van der Waals surface area contributed by atoms with E-state index in [4.69, 9.17) is 15.2 Å². The zero-order valence-electron chi connectivity index (χ0n) is 15.8. The third-order valence-electron chi connectivity index (χ3n) is 4.80. The van der Waals surface area contributed by atoms with E-state index < -0.39 is 0 Å². The number of nitrogens with one attached hydrogen (secondary N) is 1. The van der Waals surface area contributed by atoms with Crippen LogP contribution in [0.25, 0.3) is 0 Å². The summed E-state index contributed by atoms with van der Waals surface area (Å²) in [6, 6.07) is 6.53. The van der Waals surface area contributed by atoms with Crippen molar-refractivity contribution in [2.45, 2.75) is 57.4 Å². The van der Waals surface area contributed by atoms with Gasteiger partial charge < -0.3 is 20.5 Å². The molecule has 3 N–H and O–H groups in total. The summed E-state index contributed by atoms with van der Waals surface area (Å²) in [6.07, 6.45) is 5.99. The zero-order valence-corrected chi connectivity index (χ0v) is 18.1. The maximum Gasteiger partial charge on any atom is 0.188 e. The van der Waals surface area contributed by atoms with Crippen molar-refractivity contribution in [2.24, 2.45) is 10.7 Å². The minimum absolute atomic E-state index is 0. The summed E-state index contributed by atoms with van der Waals surface area (Å²) in [5, 5.41) is 3.17. The van der Waals surface area contributed by atoms with Gasteiger partial charge in [-0.15, -0.1) is 24.0 Å². The highest BCUT2D eigenvalue weighted by Crippen LogP contribution is 2.42. The molecule has 0 heterocycles. The number of hydrogen-bond donors (Lipinski definition) is 2. The summed E-state index contributed by atoms with van der Waals surface area (Å²) in [7, 11) is 3.34. The van der Waals surface area contributed by atoms with Gasteiger partial charge in [-0.3, -0.25) is 4.99 Å². The average molecular weight is 461 g/mol. The third kappa shape index (κ3) is 5.66. The van der Waals surface area contributed by atoms with Crippen LogP contribution in [0.1, 0.15) is 51.5 Å². The predicted molar refractivity (Wildman–Crippen MR) is 114 cm³/mol. The summed E-state index contributed by atoms with van der Waals surface area (Å²) in [5.74, 6) is 2.06. The first-order valence-electron chi connectivity index (χ1n) is 8.80. The number of halogens is 1. The van der Waals surface area contributed by atoms with Crippen molar-refractivity contribution >= 4 is 29.9 Å². The number of ether oxygens (including phenoxy) is 2. The Labute approximate surface area is 168 Å². The smallest absolute Gasteiger partial charge is 0.188 e. The average Bonchev–Trinajstić information content (AvgIpc) is 2.59. The summed E-state index contributed by atoms with van der Waals surface area (Å²) in [5.41, 5.74) is 7.32. The first kappa shape index (κ1) is 21.9. The second-order valence-corrected chi connectivity index (χ2v) is 6.91. The molecule has 1 saturated carbocycles. The van der Waals surface area contributed by atoms with E-state index in [9.17, 15) is 0 Å². The van der Waals surface area contributed by atoms with Gasteiger partial charge in [0.2, 0.25) is 0 Å². The molecular weight excluding hydrogens is 429 g/mol. The van der Waals surface area contributed by atoms with Gasteiger partial charge in [0.15, 0.2) is 17.5 Å². The Bertz CT molecular complexity index is 570. The van der Waals surface area contributed by atoms with E-state index in [2.05, 4.69) is 36.3 Å². The summed E-state index contributed by atoms with van der Waals surface area (Å²) in [6.45, 7) is 4.83. The van der Waals surface area contributed by atoms with Gasteiger partial charge in [-0.2, -0.15) is 0 Å². The van der Waals surface area contributed by atoms with Crippen LogP contribution in [0, 0.1) is 0 Å². The highest BCUT2D eigenvalue weighted by atomic mass is 127. The van der Waals surface area contributed by atoms with Crippen LogP contribution >= 0.6 is 24.0 Å². The largest absolute Gasteiger partial charge is 0.493 e. The van der Waals surface area contributed by atoms with E-state index in [0.717, 1.165) is 24.3 Å². The van der Waals surface area contributed by atoms with E-state index in [0.29, 0.717) is 12.5 Å². The minimum Gasteiger partial charge on any atom is -0.493 e. The maximum atomic E-state index is 6.02. The van der Waals surface area contributed by atoms with Gasteiger partial charge in [0.25, 0.3) is 0 Å². The van der Waals surface area contributed by atoms with Crippen molar-refractivity contribution in [2.75, 3.05) is 20.8 Å². The fourth-order valence-corrected chi connectivity index (χ4v) is 3.51. The number of hydrogen-bond acceptors (Lipinski definition) is 3. The Kier molecular flexibility index (Phi) is 8.82. The van der Waals surface area contributed by atoms with Gasteiger partial charge in [0, 0.05) is 11.5 Å². The molecule has 1 aromatic carbocycles. The number of methoxy groups -OCH3 is 2. The Morgan fingerprint density at radius 3 is 2.36 bits per heavy atom. The van der Waals surface area contributed by atoms with Crippen LogP contribution in [0.15, 0.2) is 23.2 Å². The molecule has 0 bridgehead atoms. The number of nitrogens with two attached hydrogens (primary N) is 1. The molecule has 1 aliphatic carbocycles. The monoisotopic (exact) mass is 461 g/mol. The van der Waals surface area contributed by atoms with Crippen molar-refractivity contribution in [1.29, 1.82) is 0 Å². The van der Waals surface area contributed by atoms with Crippen molar-refractivity contribution in [3.8, 4) is 11.5 Å². The van der Waals surface area contributed by atoms with Gasteiger partial charge in [-0.1, -0.05) is 25.3 Å². The molecule has 0 radical (unpaired) electrons. The highest BCUT2D eigenvalue weighted by molar-refractivity contribution is 14.0. The minimum atomic E-state index is 0. The molecule has 6 heteroatoms. The predicted octanol–water partition coefficient (Wildman–Crippen LogP) is 3.84. The van der Waals surface area contributed by atoms with Gasteiger partial charge in [0.05, 0.1) is 20.8 Å². The van der Waals surface area contributed by atoms with Crippen LogP contribution in [-0.4, -0.2) is 32.8 Å². The molecule has 0 amide bonds. The molecule has 0 aliphatic heterocycles. The topological polar surface area (TPSA) is 68.9 Å². The van der Waals surface area contributed by atoms with Gasteiger partial charge in [-0.05, 0) is 44.4 Å². The quantitative estimate of drug-likeness (QED) is 0.384. The van der Waals surface area contributed by atoms with Gasteiger partial charge in [-0.25, -0.2) is 0 Å². The second-order valence-electron chi connectivity index (χ2n) is 6.91. The molecule has 5 nitrogen and oxygen atoms in total. The first-order valence-corrected chi connectivity index (χ1v) is 8.80. The number of guanidine groups is 1. The molecule has 0 unspecified atom stereocenters. The Morgan fingerprint density at radius 1 is 1.16 bits per heavy atom. The summed E-state index contributed by atoms with van der Waals surface area (Å²) >= 11 is 0. The lowest BCUT2D eigenvalue weighted by Crippen LogP contribution is -2.39. The Morgan fingerprint density at radius 2 is 1.80 bits per heavy atom. The van der Waals surface area contributed by atoms with Crippen LogP contribution in [0.3, 0.4) is 0 Å². The summed E-state index contributed by atoms with van der Waals surface area (Å²) < 4.78 is 10.9. The molecule has 1 aromatic rings. The fraction of sp³-hybridized carbons (Fsp3) is 0.632. The lowest BCUT2D eigenvalue weighted by molar-refractivity contribution is 0.298. The van der Waals surface area contributed by atoms with Crippen LogP contribution in [0.2, 0.25) is 0 Å². The SMILES string of the molecule is COc1ccc(C2(CN=C(N)NC(C)C)CCCCC2)cc1OC.I. The van der Waals surface area contributed by atoms with Crippen molar-refractivity contribution < 1.29 is 9.47 Å². The van der Waals surface area contributed by atoms with Crippen molar-refractivity contribution in [3.63, 3.8) is 0 Å². The Hall–Kier alpha value is -1.18. The van der Waals surface area contributed by atoms with Gasteiger partial charge >= 0.3 is 0 Å². The number of aliphatic imine (C=N–C) groups is 1. The van der Waals surface area contributed by atoms with E-state index in [-0.39, 0.29) is 35.4 Å². The van der Waals surface area contributed by atoms with Gasteiger partial charge in [0.1, 0.15) is 0 Å². The molecule has 0 saturated heterocycles. The molecule has 25 heavy (non-hydrogen) atoms.